The Morgan fingerprint density at radius 2 is 2.27 bits per heavy atom. The Morgan fingerprint density at radius 3 is 3.00 bits per heavy atom. The van der Waals surface area contributed by atoms with Crippen LogP contribution in [0.4, 0.5) is 0 Å². The van der Waals surface area contributed by atoms with Crippen molar-refractivity contribution in [3.8, 4) is 10.8 Å². The molecule has 22 heavy (non-hydrogen) atoms. The fourth-order valence-corrected chi connectivity index (χ4v) is 3.46. The number of hydrogen-bond acceptors (Lipinski definition) is 8. The number of nitrogens with zero attached hydrogens (tertiary/aromatic N) is 4. The zero-order valence-corrected chi connectivity index (χ0v) is 14.1. The fourth-order valence-electron chi connectivity index (χ4n) is 2.45. The van der Waals surface area contributed by atoms with Gasteiger partial charge in [-0.25, -0.2) is 4.98 Å². The van der Waals surface area contributed by atoms with Gasteiger partial charge in [0.2, 0.25) is 0 Å². The molecule has 1 aliphatic heterocycles. The van der Waals surface area contributed by atoms with Crippen LogP contribution in [0.5, 0.6) is 0 Å². The number of piperazine rings is 1. The van der Waals surface area contributed by atoms with E-state index in [-0.39, 0.29) is 12.1 Å². The van der Waals surface area contributed by atoms with E-state index in [2.05, 4.69) is 32.4 Å². The topological polar surface area (TPSA) is 76.3 Å². The number of hydrogen-bond donors (Lipinski definition) is 1. The van der Waals surface area contributed by atoms with E-state index in [1.165, 1.54) is 0 Å². The molecular formula is C14H21N5O2S. The smallest absolute Gasteiger partial charge is 0.269 e. The highest BCUT2D eigenvalue weighted by Gasteiger charge is 2.26. The lowest BCUT2D eigenvalue weighted by Gasteiger charge is -2.30. The Bertz CT molecular complexity index is 641. The molecule has 2 unspecified atom stereocenters. The van der Waals surface area contributed by atoms with E-state index in [4.69, 9.17) is 9.26 Å². The molecule has 0 radical (unpaired) electrons. The lowest BCUT2D eigenvalue weighted by atomic mass is 10.2. The Morgan fingerprint density at radius 1 is 1.45 bits per heavy atom. The first-order valence-electron chi connectivity index (χ1n) is 7.35. The predicted octanol–water partition coefficient (Wildman–Crippen LogP) is 1.79. The molecule has 1 fully saturated rings. The van der Waals surface area contributed by atoms with E-state index in [1.54, 1.807) is 18.4 Å². The first-order chi connectivity index (χ1) is 10.6. The van der Waals surface area contributed by atoms with E-state index in [0.29, 0.717) is 5.89 Å². The molecule has 0 aliphatic carbocycles. The van der Waals surface area contributed by atoms with Crippen LogP contribution in [0.2, 0.25) is 0 Å². The van der Waals surface area contributed by atoms with Crippen molar-refractivity contribution >= 4 is 11.3 Å². The number of thiazole rings is 1. The minimum Gasteiger partial charge on any atom is -0.375 e. The Kier molecular flexibility index (Phi) is 4.53. The summed E-state index contributed by atoms with van der Waals surface area (Å²) in [5, 5.41) is 8.45. The van der Waals surface area contributed by atoms with E-state index >= 15 is 0 Å². The second kappa shape index (κ2) is 6.41. The van der Waals surface area contributed by atoms with E-state index in [9.17, 15) is 0 Å². The van der Waals surface area contributed by atoms with Crippen LogP contribution >= 0.6 is 11.3 Å². The molecule has 1 aliphatic rings. The van der Waals surface area contributed by atoms with Gasteiger partial charge in [-0.3, -0.25) is 4.90 Å². The largest absolute Gasteiger partial charge is 0.375 e. The highest BCUT2D eigenvalue weighted by atomic mass is 32.1. The zero-order valence-electron chi connectivity index (χ0n) is 13.3. The summed E-state index contributed by atoms with van der Waals surface area (Å²) in [4.78, 5) is 12.3. The molecule has 8 heteroatoms. The molecule has 1 N–H and O–H groups in total. The number of nitrogens with one attached hydrogen (secondary N) is 1. The van der Waals surface area contributed by atoms with Crippen LogP contribution in [0.15, 0.2) is 4.52 Å². The van der Waals surface area contributed by atoms with Gasteiger partial charge in [0.15, 0.2) is 5.82 Å². The summed E-state index contributed by atoms with van der Waals surface area (Å²) in [5.74, 6) is 1.26. The standard InChI is InChI=1S/C14H21N5O2S/c1-8-11(22-14(16-8)9(2)20-4)13-17-12(18-21-13)10-7-15-5-6-19(10)3/h9-10,15H,5-7H2,1-4H3. The maximum atomic E-state index is 5.47. The monoisotopic (exact) mass is 323 g/mol. The molecule has 0 saturated carbocycles. The molecule has 7 nitrogen and oxygen atoms in total. The van der Waals surface area contributed by atoms with Crippen molar-refractivity contribution in [2.24, 2.45) is 0 Å². The van der Waals surface area contributed by atoms with Crippen molar-refractivity contribution in [2.75, 3.05) is 33.8 Å². The summed E-state index contributed by atoms with van der Waals surface area (Å²) in [5.41, 5.74) is 0.897. The van der Waals surface area contributed by atoms with Gasteiger partial charge < -0.3 is 14.6 Å². The SMILES string of the molecule is COC(C)c1nc(C)c(-c2nc(C3CNCCN3C)no2)s1. The predicted molar refractivity (Wildman–Crippen MR) is 83.8 cm³/mol. The van der Waals surface area contributed by atoms with E-state index < -0.39 is 0 Å². The van der Waals surface area contributed by atoms with Gasteiger partial charge in [0.05, 0.1) is 11.7 Å². The highest BCUT2D eigenvalue weighted by molar-refractivity contribution is 7.15. The van der Waals surface area contributed by atoms with Crippen LogP contribution in [0.3, 0.4) is 0 Å². The zero-order chi connectivity index (χ0) is 15.7. The van der Waals surface area contributed by atoms with Gasteiger partial charge in [0.25, 0.3) is 5.89 Å². The molecule has 2 aromatic rings. The van der Waals surface area contributed by atoms with Crippen molar-refractivity contribution in [1.29, 1.82) is 0 Å². The summed E-state index contributed by atoms with van der Waals surface area (Å²) in [6.45, 7) is 6.73. The van der Waals surface area contributed by atoms with Crippen molar-refractivity contribution < 1.29 is 9.26 Å². The first-order valence-corrected chi connectivity index (χ1v) is 8.17. The second-order valence-corrected chi connectivity index (χ2v) is 6.53. The maximum Gasteiger partial charge on any atom is 0.269 e. The Labute approximate surface area is 133 Å². The summed E-state index contributed by atoms with van der Waals surface area (Å²) in [6, 6.07) is 0.150. The maximum absolute atomic E-state index is 5.47. The van der Waals surface area contributed by atoms with Crippen LogP contribution in [-0.4, -0.2) is 53.8 Å². The molecular weight excluding hydrogens is 302 g/mol. The van der Waals surface area contributed by atoms with Gasteiger partial charge in [0.1, 0.15) is 16.0 Å². The normalized spacial score (nSPS) is 21.2. The van der Waals surface area contributed by atoms with Gasteiger partial charge >= 0.3 is 0 Å². The number of rotatable bonds is 4. The molecule has 2 atom stereocenters. The van der Waals surface area contributed by atoms with E-state index in [1.807, 2.05) is 13.8 Å². The third-order valence-corrected chi connectivity index (χ3v) is 5.27. The van der Waals surface area contributed by atoms with Crippen LogP contribution in [0.1, 0.15) is 35.6 Å². The third kappa shape index (κ3) is 2.91. The van der Waals surface area contributed by atoms with Crippen LogP contribution in [0, 0.1) is 6.92 Å². The lowest BCUT2D eigenvalue weighted by Crippen LogP contribution is -2.44. The molecule has 120 valence electrons. The van der Waals surface area contributed by atoms with Gasteiger partial charge in [-0.1, -0.05) is 5.16 Å². The minimum atomic E-state index is -0.0338. The Balaban J connectivity index is 1.86. The number of aromatic nitrogens is 3. The van der Waals surface area contributed by atoms with Gasteiger partial charge in [-0.05, 0) is 20.9 Å². The number of methoxy groups -OCH3 is 1. The summed E-state index contributed by atoms with van der Waals surface area (Å²) >= 11 is 1.54. The first kappa shape index (κ1) is 15.5. The van der Waals surface area contributed by atoms with Gasteiger partial charge in [0, 0.05) is 26.7 Å². The van der Waals surface area contributed by atoms with Crippen molar-refractivity contribution in [2.45, 2.75) is 26.0 Å². The van der Waals surface area contributed by atoms with Gasteiger partial charge in [-0.15, -0.1) is 11.3 Å². The van der Waals surface area contributed by atoms with Crippen molar-refractivity contribution in [1.82, 2.24) is 25.3 Å². The highest BCUT2D eigenvalue weighted by Crippen LogP contribution is 2.33. The molecule has 0 bridgehead atoms. The van der Waals surface area contributed by atoms with Crippen LogP contribution < -0.4 is 5.32 Å². The second-order valence-electron chi connectivity index (χ2n) is 5.50. The third-order valence-electron chi connectivity index (χ3n) is 3.96. The molecule has 0 amide bonds. The molecule has 3 rings (SSSR count). The average molecular weight is 323 g/mol. The molecule has 1 saturated heterocycles. The molecule has 3 heterocycles. The van der Waals surface area contributed by atoms with Crippen LogP contribution in [0.25, 0.3) is 10.8 Å². The molecule has 0 spiro atoms. The lowest BCUT2D eigenvalue weighted by molar-refractivity contribution is 0.119. The number of ether oxygens (including phenoxy) is 1. The van der Waals surface area contributed by atoms with Crippen molar-refractivity contribution in [3.63, 3.8) is 0 Å². The minimum absolute atomic E-state index is 0.0338. The summed E-state index contributed by atoms with van der Waals surface area (Å²) < 4.78 is 10.8. The van der Waals surface area contributed by atoms with Gasteiger partial charge in [-0.2, -0.15) is 4.98 Å². The fraction of sp³-hybridized carbons (Fsp3) is 0.643. The molecule has 2 aromatic heterocycles. The summed E-state index contributed by atoms with van der Waals surface area (Å²) in [7, 11) is 3.76. The quantitative estimate of drug-likeness (QED) is 0.919. The summed E-state index contributed by atoms with van der Waals surface area (Å²) in [6.07, 6.45) is -0.0338. The average Bonchev–Trinajstić information content (AvgIpc) is 3.13. The number of aryl methyl sites for hydroxylation is 1. The van der Waals surface area contributed by atoms with Crippen LogP contribution in [-0.2, 0) is 4.74 Å². The number of likely N-dealkylation sites (N-methyl/N-ethyl adjacent to an activating group) is 1. The van der Waals surface area contributed by atoms with E-state index in [0.717, 1.165) is 41.0 Å². The van der Waals surface area contributed by atoms with Crippen molar-refractivity contribution in [3.05, 3.63) is 16.5 Å². The Hall–Kier alpha value is -1.35. The molecule has 0 aromatic carbocycles.